The third kappa shape index (κ3) is 5.69. The van der Waals surface area contributed by atoms with Crippen LogP contribution in [0.5, 0.6) is 11.5 Å². The van der Waals surface area contributed by atoms with Crippen LogP contribution >= 0.6 is 0 Å². The summed E-state index contributed by atoms with van der Waals surface area (Å²) < 4.78 is 38.8. The predicted octanol–water partition coefficient (Wildman–Crippen LogP) is 4.34. The second-order valence-corrected chi connectivity index (χ2v) is 9.61. The van der Waals surface area contributed by atoms with Crippen LogP contribution in [0.4, 0.5) is 5.69 Å². The second-order valence-electron chi connectivity index (χ2n) is 7.75. The SMILES string of the molecule is CCc1ccc([C@@H](C)NC(=O)CN(c2ccccc2)S(=O)(=O)c2ccc(OC)c(OC)c2)cc1. The summed E-state index contributed by atoms with van der Waals surface area (Å²) in [5, 5.41) is 2.91. The highest BCUT2D eigenvalue weighted by Crippen LogP contribution is 2.32. The summed E-state index contributed by atoms with van der Waals surface area (Å²) in [6, 6.07) is 20.6. The third-order valence-corrected chi connectivity index (χ3v) is 7.31. The van der Waals surface area contributed by atoms with Gasteiger partial charge in [0.2, 0.25) is 5.91 Å². The molecule has 0 aliphatic rings. The van der Waals surface area contributed by atoms with Gasteiger partial charge >= 0.3 is 0 Å². The Hall–Kier alpha value is -3.52. The van der Waals surface area contributed by atoms with E-state index in [2.05, 4.69) is 12.2 Å². The molecular weight excluding hydrogens is 452 g/mol. The van der Waals surface area contributed by atoms with Gasteiger partial charge in [0.1, 0.15) is 6.54 Å². The predicted molar refractivity (Wildman–Crippen MR) is 133 cm³/mol. The van der Waals surface area contributed by atoms with E-state index in [1.54, 1.807) is 30.3 Å². The zero-order valence-electron chi connectivity index (χ0n) is 19.8. The Labute approximate surface area is 201 Å². The molecule has 7 nitrogen and oxygen atoms in total. The number of methoxy groups -OCH3 is 2. The smallest absolute Gasteiger partial charge is 0.264 e. The Morgan fingerprint density at radius 3 is 2.18 bits per heavy atom. The number of nitrogens with one attached hydrogen (secondary N) is 1. The van der Waals surface area contributed by atoms with Crippen LogP contribution in [-0.2, 0) is 21.2 Å². The van der Waals surface area contributed by atoms with Crippen molar-refractivity contribution in [3.05, 3.63) is 83.9 Å². The van der Waals surface area contributed by atoms with E-state index in [1.165, 1.54) is 38.0 Å². The number of anilines is 1. The number of ether oxygens (including phenoxy) is 2. The van der Waals surface area contributed by atoms with Crippen molar-refractivity contribution in [2.75, 3.05) is 25.1 Å². The normalized spacial score (nSPS) is 12.0. The van der Waals surface area contributed by atoms with Gasteiger partial charge in [0.25, 0.3) is 10.0 Å². The molecule has 1 atom stereocenters. The first-order valence-electron chi connectivity index (χ1n) is 11.0. The van der Waals surface area contributed by atoms with Crippen molar-refractivity contribution in [2.45, 2.75) is 31.2 Å². The van der Waals surface area contributed by atoms with E-state index < -0.39 is 15.9 Å². The van der Waals surface area contributed by atoms with Gasteiger partial charge in [-0.1, -0.05) is 49.4 Å². The number of rotatable bonds is 10. The quantitative estimate of drug-likeness (QED) is 0.465. The van der Waals surface area contributed by atoms with Crippen LogP contribution in [0.15, 0.2) is 77.7 Å². The lowest BCUT2D eigenvalue weighted by atomic mass is 10.1. The zero-order valence-corrected chi connectivity index (χ0v) is 20.6. The third-order valence-electron chi connectivity index (χ3n) is 5.54. The summed E-state index contributed by atoms with van der Waals surface area (Å²) in [4.78, 5) is 13.0. The van der Waals surface area contributed by atoms with Crippen molar-refractivity contribution in [1.29, 1.82) is 0 Å². The topological polar surface area (TPSA) is 84.9 Å². The number of aryl methyl sites for hydroxylation is 1. The molecule has 0 bridgehead atoms. The highest BCUT2D eigenvalue weighted by atomic mass is 32.2. The number of nitrogens with zero attached hydrogens (tertiary/aromatic N) is 1. The first-order valence-corrected chi connectivity index (χ1v) is 12.4. The maximum Gasteiger partial charge on any atom is 0.264 e. The molecule has 3 aromatic rings. The molecule has 0 heterocycles. The summed E-state index contributed by atoms with van der Waals surface area (Å²) in [6.07, 6.45) is 0.932. The lowest BCUT2D eigenvalue weighted by Gasteiger charge is -2.25. The Kier molecular flexibility index (Phi) is 8.17. The summed E-state index contributed by atoms with van der Waals surface area (Å²) >= 11 is 0. The molecule has 1 N–H and O–H groups in total. The number of benzene rings is 3. The fourth-order valence-electron chi connectivity index (χ4n) is 3.56. The first kappa shape index (κ1) is 25.1. The fraction of sp³-hybridized carbons (Fsp3) is 0.269. The molecule has 0 aliphatic heterocycles. The molecule has 0 saturated carbocycles. The molecule has 0 fully saturated rings. The highest BCUT2D eigenvalue weighted by molar-refractivity contribution is 7.92. The summed E-state index contributed by atoms with van der Waals surface area (Å²) in [5.74, 6) is 0.276. The van der Waals surface area contributed by atoms with Gasteiger partial charge in [-0.15, -0.1) is 0 Å². The maximum atomic E-state index is 13.6. The van der Waals surface area contributed by atoms with Crippen molar-refractivity contribution in [1.82, 2.24) is 5.32 Å². The van der Waals surface area contributed by atoms with Crippen molar-refractivity contribution in [3.8, 4) is 11.5 Å². The van der Waals surface area contributed by atoms with E-state index in [0.29, 0.717) is 11.4 Å². The molecule has 0 radical (unpaired) electrons. The van der Waals surface area contributed by atoms with Gasteiger partial charge in [-0.2, -0.15) is 0 Å². The summed E-state index contributed by atoms with van der Waals surface area (Å²) in [7, 11) is -1.17. The number of amides is 1. The van der Waals surface area contributed by atoms with Crippen LogP contribution in [0.25, 0.3) is 0 Å². The summed E-state index contributed by atoms with van der Waals surface area (Å²) in [6.45, 7) is 3.57. The van der Waals surface area contributed by atoms with Crippen LogP contribution in [0.2, 0.25) is 0 Å². The molecule has 0 aromatic heterocycles. The second kappa shape index (κ2) is 11.1. The van der Waals surface area contributed by atoms with E-state index in [9.17, 15) is 13.2 Å². The number of para-hydroxylation sites is 1. The molecule has 34 heavy (non-hydrogen) atoms. The van der Waals surface area contributed by atoms with Crippen LogP contribution in [-0.4, -0.2) is 35.1 Å². The standard InChI is InChI=1S/C26H30N2O5S/c1-5-20-11-13-21(14-12-20)19(2)27-26(29)18-28(22-9-7-6-8-10-22)34(30,31)23-15-16-24(32-3)25(17-23)33-4/h6-17,19H,5,18H2,1-4H3,(H,27,29)/t19-/m1/s1. The molecule has 3 rings (SSSR count). The van der Waals surface area contributed by atoms with E-state index in [0.717, 1.165) is 16.3 Å². The average molecular weight is 483 g/mol. The van der Waals surface area contributed by atoms with E-state index >= 15 is 0 Å². The number of carbonyl (C=O) groups excluding carboxylic acids is 1. The summed E-state index contributed by atoms with van der Waals surface area (Å²) in [5.41, 5.74) is 2.53. The van der Waals surface area contributed by atoms with Crippen LogP contribution in [0, 0.1) is 0 Å². The average Bonchev–Trinajstić information content (AvgIpc) is 2.87. The monoisotopic (exact) mass is 482 g/mol. The van der Waals surface area contributed by atoms with Gasteiger partial charge in [0.05, 0.1) is 30.8 Å². The fourth-order valence-corrected chi connectivity index (χ4v) is 4.99. The van der Waals surface area contributed by atoms with Gasteiger partial charge in [-0.05, 0) is 48.7 Å². The van der Waals surface area contributed by atoms with Gasteiger partial charge in [-0.25, -0.2) is 8.42 Å². The Balaban J connectivity index is 1.88. The number of sulfonamides is 1. The Bertz CT molecular complexity index is 1210. The molecule has 3 aromatic carbocycles. The molecule has 1 amide bonds. The minimum absolute atomic E-state index is 0.00925. The van der Waals surface area contributed by atoms with E-state index in [1.807, 2.05) is 31.2 Å². The van der Waals surface area contributed by atoms with Crippen LogP contribution < -0.4 is 19.1 Å². The number of carbonyl (C=O) groups is 1. The largest absolute Gasteiger partial charge is 0.493 e. The van der Waals surface area contributed by atoms with Crippen LogP contribution in [0.3, 0.4) is 0 Å². The van der Waals surface area contributed by atoms with Gasteiger partial charge in [0.15, 0.2) is 11.5 Å². The van der Waals surface area contributed by atoms with Gasteiger partial charge in [-0.3, -0.25) is 9.10 Å². The molecule has 8 heteroatoms. The molecule has 180 valence electrons. The van der Waals surface area contributed by atoms with Crippen molar-refractivity contribution >= 4 is 21.6 Å². The Morgan fingerprint density at radius 2 is 1.59 bits per heavy atom. The van der Waals surface area contributed by atoms with E-state index in [-0.39, 0.29) is 23.2 Å². The molecule has 0 spiro atoms. The van der Waals surface area contributed by atoms with Crippen LogP contribution in [0.1, 0.15) is 31.0 Å². The van der Waals surface area contributed by atoms with Crippen molar-refractivity contribution < 1.29 is 22.7 Å². The molecule has 0 unspecified atom stereocenters. The van der Waals surface area contributed by atoms with Gasteiger partial charge in [0, 0.05) is 6.07 Å². The van der Waals surface area contributed by atoms with Crippen molar-refractivity contribution in [3.63, 3.8) is 0 Å². The zero-order chi connectivity index (χ0) is 24.7. The maximum absolute atomic E-state index is 13.6. The lowest BCUT2D eigenvalue weighted by molar-refractivity contribution is -0.120. The Morgan fingerprint density at radius 1 is 0.941 bits per heavy atom. The molecule has 0 aliphatic carbocycles. The number of hydrogen-bond donors (Lipinski definition) is 1. The number of hydrogen-bond acceptors (Lipinski definition) is 5. The van der Waals surface area contributed by atoms with Gasteiger partial charge < -0.3 is 14.8 Å². The van der Waals surface area contributed by atoms with E-state index in [4.69, 9.17) is 9.47 Å². The minimum Gasteiger partial charge on any atom is -0.493 e. The first-order chi connectivity index (χ1) is 16.3. The molecular formula is C26H30N2O5S. The molecule has 0 saturated heterocycles. The minimum atomic E-state index is -4.08. The van der Waals surface area contributed by atoms with Crippen molar-refractivity contribution in [2.24, 2.45) is 0 Å². The lowest BCUT2D eigenvalue weighted by Crippen LogP contribution is -2.41. The highest BCUT2D eigenvalue weighted by Gasteiger charge is 2.28.